The second-order valence-electron chi connectivity index (χ2n) is 6.45. The predicted octanol–water partition coefficient (Wildman–Crippen LogP) is 4.45. The minimum Gasteiger partial charge on any atom is -0.299 e. The lowest BCUT2D eigenvalue weighted by atomic mass is 9.66. The topological polar surface area (TPSA) is 17.1 Å². The van der Waals surface area contributed by atoms with E-state index in [1.165, 1.54) is 19.3 Å². The van der Waals surface area contributed by atoms with Gasteiger partial charge in [0.2, 0.25) is 0 Å². The molecule has 94 valence electrons. The fourth-order valence-corrected chi connectivity index (χ4v) is 2.92. The lowest BCUT2D eigenvalue weighted by molar-refractivity contribution is -0.127. The second kappa shape index (κ2) is 5.33. The summed E-state index contributed by atoms with van der Waals surface area (Å²) in [7, 11) is 0. The van der Waals surface area contributed by atoms with Crippen LogP contribution in [0.15, 0.2) is 0 Å². The van der Waals surface area contributed by atoms with E-state index in [2.05, 4.69) is 20.8 Å². The van der Waals surface area contributed by atoms with Gasteiger partial charge in [0.1, 0.15) is 5.78 Å². The molecule has 1 nitrogen and oxygen atoms in total. The number of carbonyl (C=O) groups is 1. The van der Waals surface area contributed by atoms with E-state index in [0.717, 1.165) is 18.8 Å². The standard InChI is InChI=1S/C15H28O/c1-6-15(4,5)13-9-7-12(8-10-13)14(16)11(2)3/h11-13H,6-10H2,1-5H3. The maximum Gasteiger partial charge on any atom is 0.138 e. The van der Waals surface area contributed by atoms with Crippen molar-refractivity contribution in [2.45, 2.75) is 66.7 Å². The molecular formula is C15H28O. The highest BCUT2D eigenvalue weighted by molar-refractivity contribution is 5.82. The SMILES string of the molecule is CCC(C)(C)C1CCC(C(=O)C(C)C)CC1. The normalized spacial score (nSPS) is 27.1. The molecule has 0 amide bonds. The Bertz CT molecular complexity index is 232. The van der Waals surface area contributed by atoms with Gasteiger partial charge in [-0.15, -0.1) is 0 Å². The summed E-state index contributed by atoms with van der Waals surface area (Å²) in [6.07, 6.45) is 6.02. The van der Waals surface area contributed by atoms with Gasteiger partial charge < -0.3 is 0 Å². The van der Waals surface area contributed by atoms with Crippen molar-refractivity contribution in [3.63, 3.8) is 0 Å². The first kappa shape index (κ1) is 13.7. The number of ketones is 1. The molecule has 0 aromatic heterocycles. The molecule has 0 atom stereocenters. The van der Waals surface area contributed by atoms with Gasteiger partial charge in [0.05, 0.1) is 0 Å². The Kier molecular flexibility index (Phi) is 4.58. The van der Waals surface area contributed by atoms with E-state index in [1.807, 2.05) is 13.8 Å². The number of hydrogen-bond acceptors (Lipinski definition) is 1. The molecule has 1 saturated carbocycles. The van der Waals surface area contributed by atoms with Gasteiger partial charge in [0.25, 0.3) is 0 Å². The van der Waals surface area contributed by atoms with E-state index in [1.54, 1.807) is 0 Å². The lowest BCUT2D eigenvalue weighted by Crippen LogP contribution is -2.31. The van der Waals surface area contributed by atoms with Gasteiger partial charge >= 0.3 is 0 Å². The van der Waals surface area contributed by atoms with Gasteiger partial charge in [-0.3, -0.25) is 4.79 Å². The van der Waals surface area contributed by atoms with Crippen molar-refractivity contribution in [2.24, 2.45) is 23.2 Å². The summed E-state index contributed by atoms with van der Waals surface area (Å²) in [6.45, 7) is 11.1. The zero-order valence-corrected chi connectivity index (χ0v) is 11.7. The third kappa shape index (κ3) is 3.09. The second-order valence-corrected chi connectivity index (χ2v) is 6.45. The summed E-state index contributed by atoms with van der Waals surface area (Å²) < 4.78 is 0. The van der Waals surface area contributed by atoms with Crippen LogP contribution in [0.4, 0.5) is 0 Å². The first-order valence-corrected chi connectivity index (χ1v) is 6.92. The molecule has 0 aliphatic heterocycles. The van der Waals surface area contributed by atoms with Gasteiger partial charge in [-0.1, -0.05) is 41.0 Å². The Labute approximate surface area is 101 Å². The van der Waals surface area contributed by atoms with Crippen molar-refractivity contribution in [3.05, 3.63) is 0 Å². The summed E-state index contributed by atoms with van der Waals surface area (Å²) in [5.41, 5.74) is 0.464. The molecule has 16 heavy (non-hydrogen) atoms. The predicted molar refractivity (Wildman–Crippen MR) is 69.4 cm³/mol. The molecule has 0 radical (unpaired) electrons. The zero-order chi connectivity index (χ0) is 12.3. The molecule has 0 unspecified atom stereocenters. The fourth-order valence-electron chi connectivity index (χ4n) is 2.92. The molecule has 1 rings (SSSR count). The summed E-state index contributed by atoms with van der Waals surface area (Å²) in [4.78, 5) is 11.9. The monoisotopic (exact) mass is 224 g/mol. The molecule has 1 aliphatic carbocycles. The molecule has 1 heteroatoms. The van der Waals surface area contributed by atoms with Crippen LogP contribution in [0.25, 0.3) is 0 Å². The highest BCUT2D eigenvalue weighted by atomic mass is 16.1. The smallest absolute Gasteiger partial charge is 0.138 e. The van der Waals surface area contributed by atoms with Crippen molar-refractivity contribution >= 4 is 5.78 Å². The number of Topliss-reactive ketones (excluding diaryl/α,β-unsaturated/α-hetero) is 1. The van der Waals surface area contributed by atoms with Crippen molar-refractivity contribution in [2.75, 3.05) is 0 Å². The largest absolute Gasteiger partial charge is 0.299 e. The third-order valence-corrected chi connectivity index (χ3v) is 4.71. The zero-order valence-electron chi connectivity index (χ0n) is 11.7. The van der Waals surface area contributed by atoms with Gasteiger partial charge in [0, 0.05) is 11.8 Å². The van der Waals surface area contributed by atoms with Crippen LogP contribution in [0.1, 0.15) is 66.7 Å². The Morgan fingerprint density at radius 3 is 2.06 bits per heavy atom. The Hall–Kier alpha value is -0.330. The van der Waals surface area contributed by atoms with Crippen LogP contribution in [-0.2, 0) is 4.79 Å². The molecule has 0 bridgehead atoms. The number of carbonyl (C=O) groups excluding carboxylic acids is 1. The van der Waals surface area contributed by atoms with Crippen LogP contribution < -0.4 is 0 Å². The van der Waals surface area contributed by atoms with E-state index < -0.39 is 0 Å². The highest BCUT2D eigenvalue weighted by Gasteiger charge is 2.34. The van der Waals surface area contributed by atoms with E-state index in [9.17, 15) is 4.79 Å². The molecule has 0 heterocycles. The van der Waals surface area contributed by atoms with Gasteiger partial charge in [-0.2, -0.15) is 0 Å². The van der Waals surface area contributed by atoms with Crippen LogP contribution in [0.5, 0.6) is 0 Å². The van der Waals surface area contributed by atoms with Crippen molar-refractivity contribution in [1.82, 2.24) is 0 Å². The third-order valence-electron chi connectivity index (χ3n) is 4.71. The summed E-state index contributed by atoms with van der Waals surface area (Å²) in [5, 5.41) is 0. The summed E-state index contributed by atoms with van der Waals surface area (Å²) >= 11 is 0. The van der Waals surface area contributed by atoms with E-state index in [-0.39, 0.29) is 5.92 Å². The molecule has 0 N–H and O–H groups in total. The maximum atomic E-state index is 11.9. The van der Waals surface area contributed by atoms with Crippen molar-refractivity contribution in [3.8, 4) is 0 Å². The maximum absolute atomic E-state index is 11.9. The molecule has 0 saturated heterocycles. The van der Waals surface area contributed by atoms with Crippen LogP contribution in [0, 0.1) is 23.2 Å². The lowest BCUT2D eigenvalue weighted by Gasteiger charge is -2.38. The molecule has 1 aliphatic rings. The Morgan fingerprint density at radius 1 is 1.19 bits per heavy atom. The van der Waals surface area contributed by atoms with Crippen LogP contribution in [-0.4, -0.2) is 5.78 Å². The van der Waals surface area contributed by atoms with E-state index in [0.29, 0.717) is 17.1 Å². The molecule has 0 aromatic carbocycles. The first-order valence-electron chi connectivity index (χ1n) is 6.92. The fraction of sp³-hybridized carbons (Fsp3) is 0.933. The average Bonchev–Trinajstić information content (AvgIpc) is 2.28. The van der Waals surface area contributed by atoms with Crippen LogP contribution >= 0.6 is 0 Å². The van der Waals surface area contributed by atoms with E-state index >= 15 is 0 Å². The van der Waals surface area contributed by atoms with Crippen LogP contribution in [0.3, 0.4) is 0 Å². The number of rotatable bonds is 4. The minimum atomic E-state index is 0.223. The van der Waals surface area contributed by atoms with Crippen molar-refractivity contribution < 1.29 is 4.79 Å². The Morgan fingerprint density at radius 2 is 1.69 bits per heavy atom. The summed E-state index contributed by atoms with van der Waals surface area (Å²) in [6, 6.07) is 0. The Balaban J connectivity index is 2.49. The molecule has 0 spiro atoms. The summed E-state index contributed by atoms with van der Waals surface area (Å²) in [5.74, 6) is 1.91. The number of hydrogen-bond donors (Lipinski definition) is 0. The molecular weight excluding hydrogens is 196 g/mol. The van der Waals surface area contributed by atoms with Gasteiger partial charge in [0.15, 0.2) is 0 Å². The van der Waals surface area contributed by atoms with Gasteiger partial charge in [-0.05, 0) is 37.0 Å². The first-order chi connectivity index (χ1) is 7.38. The van der Waals surface area contributed by atoms with E-state index in [4.69, 9.17) is 0 Å². The average molecular weight is 224 g/mol. The van der Waals surface area contributed by atoms with Crippen LogP contribution in [0.2, 0.25) is 0 Å². The quantitative estimate of drug-likeness (QED) is 0.689. The highest BCUT2D eigenvalue weighted by Crippen LogP contribution is 2.42. The minimum absolute atomic E-state index is 0.223. The molecule has 1 fully saturated rings. The van der Waals surface area contributed by atoms with Gasteiger partial charge in [-0.25, -0.2) is 0 Å². The van der Waals surface area contributed by atoms with Crippen molar-refractivity contribution in [1.29, 1.82) is 0 Å². The molecule has 0 aromatic rings.